The topological polar surface area (TPSA) is 51.0 Å². The Labute approximate surface area is 154 Å². The summed E-state index contributed by atoms with van der Waals surface area (Å²) < 4.78 is 1.88. The second kappa shape index (κ2) is 7.28. The Morgan fingerprint density at radius 1 is 1.15 bits per heavy atom. The fourth-order valence-electron chi connectivity index (χ4n) is 3.02. The summed E-state index contributed by atoms with van der Waals surface area (Å²) in [5.74, 6) is 0.229. The molecule has 0 atom stereocenters. The quantitative estimate of drug-likeness (QED) is 0.685. The summed E-state index contributed by atoms with van der Waals surface area (Å²) >= 11 is 0. The van der Waals surface area contributed by atoms with E-state index in [9.17, 15) is 4.79 Å². The van der Waals surface area contributed by atoms with Gasteiger partial charge in [0.05, 0.1) is 17.1 Å². The van der Waals surface area contributed by atoms with Gasteiger partial charge in [-0.15, -0.1) is 0 Å². The molecule has 0 radical (unpaired) electrons. The van der Waals surface area contributed by atoms with Crippen LogP contribution in [0, 0.1) is 0 Å². The van der Waals surface area contributed by atoms with E-state index in [1.807, 2.05) is 48.1 Å². The summed E-state index contributed by atoms with van der Waals surface area (Å²) in [5.41, 5.74) is 3.47. The predicted molar refractivity (Wildman–Crippen MR) is 104 cm³/mol. The van der Waals surface area contributed by atoms with Gasteiger partial charge in [-0.2, -0.15) is 5.10 Å². The monoisotopic (exact) mass is 350 g/mol. The van der Waals surface area contributed by atoms with Crippen molar-refractivity contribution in [2.45, 2.75) is 46.2 Å². The fraction of sp³-hybridized carbons (Fsp3) is 0.381. The summed E-state index contributed by atoms with van der Waals surface area (Å²) in [4.78, 5) is 19.7. The molecule has 5 nitrogen and oxygen atoms in total. The molecule has 0 aliphatic rings. The van der Waals surface area contributed by atoms with Crippen molar-refractivity contribution in [3.05, 3.63) is 59.4 Å². The molecule has 0 bridgehead atoms. The third-order valence-corrected chi connectivity index (χ3v) is 4.51. The van der Waals surface area contributed by atoms with Gasteiger partial charge in [0.15, 0.2) is 5.65 Å². The van der Waals surface area contributed by atoms with E-state index in [1.54, 1.807) is 11.1 Å². The highest BCUT2D eigenvalue weighted by Crippen LogP contribution is 2.25. The first-order chi connectivity index (χ1) is 12.4. The van der Waals surface area contributed by atoms with E-state index in [4.69, 9.17) is 4.98 Å². The van der Waals surface area contributed by atoms with Crippen LogP contribution in [0.2, 0.25) is 0 Å². The SMILES string of the molecule is CC(C)c1cc(C(=O)N(C)Cc2ccccc2)c2cnn(C(C)C)c2n1. The van der Waals surface area contributed by atoms with Crippen LogP contribution in [0.4, 0.5) is 0 Å². The highest BCUT2D eigenvalue weighted by Gasteiger charge is 2.21. The average Bonchev–Trinajstić information content (AvgIpc) is 3.05. The molecule has 2 heterocycles. The highest BCUT2D eigenvalue weighted by molar-refractivity contribution is 6.05. The lowest BCUT2D eigenvalue weighted by molar-refractivity contribution is 0.0787. The van der Waals surface area contributed by atoms with Gasteiger partial charge in [-0.25, -0.2) is 9.67 Å². The number of carbonyl (C=O) groups is 1. The molecule has 0 saturated heterocycles. The zero-order valence-corrected chi connectivity index (χ0v) is 16.1. The molecule has 0 N–H and O–H groups in total. The predicted octanol–water partition coefficient (Wildman–Crippen LogP) is 4.41. The number of carbonyl (C=O) groups excluding carboxylic acids is 1. The zero-order valence-electron chi connectivity index (χ0n) is 16.1. The van der Waals surface area contributed by atoms with Crippen molar-refractivity contribution < 1.29 is 4.79 Å². The molecule has 1 aromatic carbocycles. The maximum atomic E-state index is 13.2. The van der Waals surface area contributed by atoms with Gasteiger partial charge in [0.2, 0.25) is 0 Å². The number of nitrogens with zero attached hydrogens (tertiary/aromatic N) is 4. The van der Waals surface area contributed by atoms with Gasteiger partial charge in [-0.3, -0.25) is 4.79 Å². The molecule has 0 aliphatic carbocycles. The Morgan fingerprint density at radius 3 is 2.46 bits per heavy atom. The van der Waals surface area contributed by atoms with Crippen LogP contribution in [-0.4, -0.2) is 32.6 Å². The standard InChI is InChI=1S/C21H26N4O/c1-14(2)19-11-17(18-12-22-25(15(3)4)20(18)23-19)21(26)24(5)13-16-9-7-6-8-10-16/h6-12,14-15H,13H2,1-5H3. The van der Waals surface area contributed by atoms with Gasteiger partial charge in [0.25, 0.3) is 5.91 Å². The van der Waals surface area contributed by atoms with Crippen LogP contribution < -0.4 is 0 Å². The number of aromatic nitrogens is 3. The van der Waals surface area contributed by atoms with E-state index < -0.39 is 0 Å². The third-order valence-electron chi connectivity index (χ3n) is 4.51. The van der Waals surface area contributed by atoms with Gasteiger partial charge >= 0.3 is 0 Å². The number of pyridine rings is 1. The highest BCUT2D eigenvalue weighted by atomic mass is 16.2. The number of hydrogen-bond donors (Lipinski definition) is 0. The van der Waals surface area contributed by atoms with Crippen LogP contribution in [0.1, 0.15) is 61.3 Å². The molecular formula is C21H26N4O. The number of benzene rings is 1. The van der Waals surface area contributed by atoms with Crippen molar-refractivity contribution in [1.82, 2.24) is 19.7 Å². The van der Waals surface area contributed by atoms with Gasteiger partial charge in [0.1, 0.15) is 0 Å². The van der Waals surface area contributed by atoms with Crippen molar-refractivity contribution in [2.24, 2.45) is 0 Å². The Balaban J connectivity index is 2.03. The van der Waals surface area contributed by atoms with Crippen molar-refractivity contribution in [1.29, 1.82) is 0 Å². The minimum absolute atomic E-state index is 0.00791. The lowest BCUT2D eigenvalue weighted by Crippen LogP contribution is -2.26. The number of hydrogen-bond acceptors (Lipinski definition) is 3. The van der Waals surface area contributed by atoms with Gasteiger partial charge in [-0.05, 0) is 31.4 Å². The first-order valence-corrected chi connectivity index (χ1v) is 9.06. The van der Waals surface area contributed by atoms with E-state index in [1.165, 1.54) is 0 Å². The van der Waals surface area contributed by atoms with Crippen LogP contribution in [0.15, 0.2) is 42.6 Å². The average molecular weight is 350 g/mol. The molecule has 5 heteroatoms. The summed E-state index contributed by atoms with van der Waals surface area (Å²) in [7, 11) is 1.84. The molecule has 136 valence electrons. The molecule has 3 rings (SSSR count). The van der Waals surface area contributed by atoms with Crippen LogP contribution in [0.3, 0.4) is 0 Å². The van der Waals surface area contributed by atoms with Crippen LogP contribution >= 0.6 is 0 Å². The zero-order chi connectivity index (χ0) is 18.8. The van der Waals surface area contributed by atoms with Gasteiger partial charge in [0, 0.05) is 25.3 Å². The minimum Gasteiger partial charge on any atom is -0.337 e. The van der Waals surface area contributed by atoms with Crippen molar-refractivity contribution >= 4 is 16.9 Å². The summed E-state index contributed by atoms with van der Waals surface area (Å²) in [6.45, 7) is 8.88. The van der Waals surface area contributed by atoms with Gasteiger partial charge < -0.3 is 4.90 Å². The third kappa shape index (κ3) is 3.47. The normalized spacial score (nSPS) is 11.5. The molecule has 0 spiro atoms. The maximum Gasteiger partial charge on any atom is 0.254 e. The summed E-state index contributed by atoms with van der Waals surface area (Å²) in [5, 5.41) is 5.28. The Kier molecular flexibility index (Phi) is 5.07. The Bertz CT molecular complexity index is 912. The number of amides is 1. The lowest BCUT2D eigenvalue weighted by atomic mass is 10.0. The van der Waals surface area contributed by atoms with Gasteiger partial charge in [-0.1, -0.05) is 44.2 Å². The number of fused-ring (bicyclic) bond motifs is 1. The van der Waals surface area contributed by atoms with E-state index in [0.717, 1.165) is 22.3 Å². The fourth-order valence-corrected chi connectivity index (χ4v) is 3.02. The summed E-state index contributed by atoms with van der Waals surface area (Å²) in [6, 6.07) is 12.1. The Morgan fingerprint density at radius 2 is 1.85 bits per heavy atom. The minimum atomic E-state index is -0.00791. The van der Waals surface area contributed by atoms with Crippen LogP contribution in [-0.2, 0) is 6.54 Å². The second-order valence-electron chi connectivity index (χ2n) is 7.32. The molecular weight excluding hydrogens is 324 g/mol. The first kappa shape index (κ1) is 18.1. The smallest absolute Gasteiger partial charge is 0.254 e. The molecule has 0 saturated carbocycles. The van der Waals surface area contributed by atoms with Crippen LogP contribution in [0.25, 0.3) is 11.0 Å². The second-order valence-corrected chi connectivity index (χ2v) is 7.32. The largest absolute Gasteiger partial charge is 0.337 e. The van der Waals surface area contributed by atoms with Crippen molar-refractivity contribution in [3.63, 3.8) is 0 Å². The molecule has 1 amide bonds. The van der Waals surface area contributed by atoms with E-state index in [0.29, 0.717) is 12.1 Å². The van der Waals surface area contributed by atoms with Crippen molar-refractivity contribution in [3.8, 4) is 0 Å². The van der Waals surface area contributed by atoms with Crippen LogP contribution in [0.5, 0.6) is 0 Å². The van der Waals surface area contributed by atoms with Crippen molar-refractivity contribution in [2.75, 3.05) is 7.05 Å². The van der Waals surface area contributed by atoms with E-state index >= 15 is 0 Å². The van der Waals surface area contributed by atoms with E-state index in [-0.39, 0.29) is 17.9 Å². The molecule has 26 heavy (non-hydrogen) atoms. The summed E-state index contributed by atoms with van der Waals surface area (Å²) in [6.07, 6.45) is 1.76. The molecule has 3 aromatic rings. The molecule has 0 unspecified atom stereocenters. The maximum absolute atomic E-state index is 13.2. The lowest BCUT2D eigenvalue weighted by Gasteiger charge is -2.19. The van der Waals surface area contributed by atoms with E-state index in [2.05, 4.69) is 32.8 Å². The Hall–Kier alpha value is -2.69. The molecule has 2 aromatic heterocycles. The molecule has 0 aliphatic heterocycles. The molecule has 0 fully saturated rings. The number of rotatable bonds is 5. The first-order valence-electron chi connectivity index (χ1n) is 9.06.